The van der Waals surface area contributed by atoms with E-state index >= 15 is 0 Å². The lowest BCUT2D eigenvalue weighted by atomic mass is 9.98. The van der Waals surface area contributed by atoms with Crippen LogP contribution in [-0.4, -0.2) is 65.2 Å². The molecule has 0 radical (unpaired) electrons. The van der Waals surface area contributed by atoms with Gasteiger partial charge in [-0.05, 0) is 68.9 Å². The molecular weight excluding hydrogens is 514 g/mol. The van der Waals surface area contributed by atoms with Crippen molar-refractivity contribution in [2.24, 2.45) is 5.92 Å². The van der Waals surface area contributed by atoms with Crippen molar-refractivity contribution in [2.75, 3.05) is 13.7 Å². The van der Waals surface area contributed by atoms with E-state index < -0.39 is 41.6 Å². The zero-order valence-corrected chi connectivity index (χ0v) is 23.9. The zero-order chi connectivity index (χ0) is 29.6. The Labute approximate surface area is 235 Å². The molecule has 0 saturated heterocycles. The van der Waals surface area contributed by atoms with Crippen molar-refractivity contribution < 1.29 is 33.8 Å². The van der Waals surface area contributed by atoms with Gasteiger partial charge in [0.05, 0.1) is 7.11 Å². The van der Waals surface area contributed by atoms with Crippen LogP contribution in [0, 0.1) is 12.8 Å². The summed E-state index contributed by atoms with van der Waals surface area (Å²) >= 11 is 0. The molecule has 3 amide bonds. The Bertz CT molecular complexity index is 1230. The van der Waals surface area contributed by atoms with Crippen LogP contribution in [0.2, 0.25) is 0 Å². The van der Waals surface area contributed by atoms with Crippen molar-refractivity contribution in [3.8, 4) is 5.75 Å². The lowest BCUT2D eigenvalue weighted by Crippen LogP contribution is -2.55. The summed E-state index contributed by atoms with van der Waals surface area (Å²) in [4.78, 5) is 54.2. The van der Waals surface area contributed by atoms with Crippen molar-refractivity contribution in [3.63, 3.8) is 0 Å². The van der Waals surface area contributed by atoms with Gasteiger partial charge in [-0.25, -0.2) is 4.79 Å². The van der Waals surface area contributed by atoms with Gasteiger partial charge in [0.15, 0.2) is 0 Å². The second kappa shape index (κ2) is 12.8. The predicted molar refractivity (Wildman–Crippen MR) is 148 cm³/mol. The van der Waals surface area contributed by atoms with Gasteiger partial charge < -0.3 is 30.1 Å². The van der Waals surface area contributed by atoms with Gasteiger partial charge in [0.2, 0.25) is 11.8 Å². The highest BCUT2D eigenvalue weighted by Gasteiger charge is 2.48. The summed E-state index contributed by atoms with van der Waals surface area (Å²) in [6, 6.07) is 11.5. The average molecular weight is 554 g/mol. The van der Waals surface area contributed by atoms with E-state index in [9.17, 15) is 24.3 Å². The standard InChI is InChI=1S/C30H39N3O7/c1-18-15-23(18)33(26(27(36)31-17-25(35)39-6)21-12-13-24(34)19(2)14-21)28(37)22(16-20-10-8-7-9-11-20)32-29(38)40-30(3,4)5/h7-14,18,22-23,26,34H,15-17H2,1-6H3,(H,31,36)(H,32,38). The van der Waals surface area contributed by atoms with Crippen LogP contribution in [0.5, 0.6) is 5.75 Å². The molecule has 1 saturated carbocycles. The van der Waals surface area contributed by atoms with Gasteiger partial charge in [0.25, 0.3) is 0 Å². The Kier molecular flexibility index (Phi) is 9.78. The van der Waals surface area contributed by atoms with Gasteiger partial charge in [-0.1, -0.05) is 43.3 Å². The summed E-state index contributed by atoms with van der Waals surface area (Å²) in [5, 5.41) is 15.4. The number of hydrogen-bond acceptors (Lipinski definition) is 7. The molecule has 0 spiro atoms. The Morgan fingerprint density at radius 1 is 1.10 bits per heavy atom. The number of aryl methyl sites for hydroxylation is 1. The number of hydrogen-bond donors (Lipinski definition) is 3. The summed E-state index contributed by atoms with van der Waals surface area (Å²) in [7, 11) is 1.22. The SMILES string of the molecule is COC(=O)CNC(=O)C(c1ccc(O)c(C)c1)N(C(=O)C(Cc1ccccc1)NC(=O)OC(C)(C)C)C1CC1C. The van der Waals surface area contributed by atoms with Gasteiger partial charge in [-0.15, -0.1) is 0 Å². The number of nitrogens with zero attached hydrogens (tertiary/aromatic N) is 1. The van der Waals surface area contributed by atoms with Crippen LogP contribution in [0.15, 0.2) is 48.5 Å². The molecule has 216 valence electrons. The topological polar surface area (TPSA) is 134 Å². The molecule has 3 N–H and O–H groups in total. The van der Waals surface area contributed by atoms with E-state index in [1.165, 1.54) is 18.1 Å². The van der Waals surface area contributed by atoms with E-state index in [-0.39, 0.29) is 30.7 Å². The molecule has 10 nitrogen and oxygen atoms in total. The van der Waals surface area contributed by atoms with E-state index in [0.29, 0.717) is 17.5 Å². The highest BCUT2D eigenvalue weighted by Crippen LogP contribution is 2.41. The molecule has 40 heavy (non-hydrogen) atoms. The monoisotopic (exact) mass is 553 g/mol. The summed E-state index contributed by atoms with van der Waals surface area (Å²) < 4.78 is 10.1. The molecule has 3 rings (SSSR count). The van der Waals surface area contributed by atoms with E-state index in [0.717, 1.165) is 5.56 Å². The van der Waals surface area contributed by atoms with Gasteiger partial charge in [-0.3, -0.25) is 14.4 Å². The lowest BCUT2D eigenvalue weighted by Gasteiger charge is -2.35. The Balaban J connectivity index is 2.04. The summed E-state index contributed by atoms with van der Waals surface area (Å²) in [5.41, 5.74) is 1.01. The molecule has 4 atom stereocenters. The molecule has 2 aromatic rings. The number of aromatic hydroxyl groups is 1. The van der Waals surface area contributed by atoms with Gasteiger partial charge in [0.1, 0.15) is 30.0 Å². The second-order valence-electron chi connectivity index (χ2n) is 11.2. The van der Waals surface area contributed by atoms with Crippen molar-refractivity contribution >= 4 is 23.9 Å². The molecule has 0 aliphatic heterocycles. The number of benzene rings is 2. The molecule has 1 aliphatic rings. The fourth-order valence-electron chi connectivity index (χ4n) is 4.47. The first-order valence-corrected chi connectivity index (χ1v) is 13.3. The Morgan fingerprint density at radius 3 is 2.30 bits per heavy atom. The zero-order valence-electron chi connectivity index (χ0n) is 23.9. The van der Waals surface area contributed by atoms with Crippen molar-refractivity contribution in [1.82, 2.24) is 15.5 Å². The van der Waals surface area contributed by atoms with Crippen LogP contribution in [0.3, 0.4) is 0 Å². The highest BCUT2D eigenvalue weighted by atomic mass is 16.6. The molecule has 4 unspecified atom stereocenters. The first kappa shape index (κ1) is 30.5. The van der Waals surface area contributed by atoms with E-state index in [2.05, 4.69) is 15.4 Å². The number of methoxy groups -OCH3 is 1. The van der Waals surface area contributed by atoms with Crippen molar-refractivity contribution in [2.45, 2.75) is 71.2 Å². The third kappa shape index (κ3) is 8.21. The minimum absolute atomic E-state index is 0.0451. The minimum atomic E-state index is -1.13. The quantitative estimate of drug-likeness (QED) is 0.384. The van der Waals surface area contributed by atoms with Crippen molar-refractivity contribution in [1.29, 1.82) is 0 Å². The normalized spacial score (nSPS) is 17.6. The number of alkyl carbamates (subject to hydrolysis) is 1. The maximum absolute atomic E-state index is 14.4. The number of amides is 3. The molecule has 0 heterocycles. The van der Waals surface area contributed by atoms with Crippen LogP contribution in [-0.2, 0) is 30.3 Å². The molecule has 1 aliphatic carbocycles. The van der Waals surface area contributed by atoms with Gasteiger partial charge >= 0.3 is 12.1 Å². The number of carbonyl (C=O) groups is 4. The van der Waals surface area contributed by atoms with E-state index in [1.54, 1.807) is 39.8 Å². The number of phenols is 1. The van der Waals surface area contributed by atoms with Crippen LogP contribution in [0.25, 0.3) is 0 Å². The largest absolute Gasteiger partial charge is 0.508 e. The summed E-state index contributed by atoms with van der Waals surface area (Å²) in [5.74, 6) is -1.53. The Morgan fingerprint density at radius 2 is 1.75 bits per heavy atom. The van der Waals surface area contributed by atoms with Gasteiger partial charge in [0, 0.05) is 12.5 Å². The number of carbonyl (C=O) groups excluding carboxylic acids is 4. The molecule has 0 aromatic heterocycles. The molecule has 1 fully saturated rings. The third-order valence-corrected chi connectivity index (χ3v) is 6.65. The smallest absolute Gasteiger partial charge is 0.408 e. The number of ether oxygens (including phenoxy) is 2. The van der Waals surface area contributed by atoms with Gasteiger partial charge in [-0.2, -0.15) is 0 Å². The fraction of sp³-hybridized carbons (Fsp3) is 0.467. The number of phenolic OH excluding ortho intramolecular Hbond substituents is 1. The second-order valence-corrected chi connectivity index (χ2v) is 11.2. The lowest BCUT2D eigenvalue weighted by molar-refractivity contribution is -0.145. The molecule has 0 bridgehead atoms. The summed E-state index contributed by atoms with van der Waals surface area (Å²) in [6.07, 6.45) is 0.0770. The first-order valence-electron chi connectivity index (χ1n) is 13.3. The maximum atomic E-state index is 14.4. The van der Waals surface area contributed by atoms with Crippen LogP contribution in [0.4, 0.5) is 4.79 Å². The van der Waals surface area contributed by atoms with Crippen molar-refractivity contribution in [3.05, 3.63) is 65.2 Å². The minimum Gasteiger partial charge on any atom is -0.508 e. The first-order chi connectivity index (χ1) is 18.8. The van der Waals surface area contributed by atoms with Crippen LogP contribution in [0.1, 0.15) is 56.8 Å². The number of nitrogens with one attached hydrogen (secondary N) is 2. The molecule has 10 heteroatoms. The molecule has 2 aromatic carbocycles. The predicted octanol–water partition coefficient (Wildman–Crippen LogP) is 3.40. The van der Waals surface area contributed by atoms with E-state index in [4.69, 9.17) is 4.74 Å². The Hall–Kier alpha value is -4.08. The number of rotatable bonds is 10. The van der Waals surface area contributed by atoms with E-state index in [1.807, 2.05) is 37.3 Å². The summed E-state index contributed by atoms with van der Waals surface area (Å²) in [6.45, 7) is 8.48. The highest BCUT2D eigenvalue weighted by molar-refractivity contribution is 5.94. The maximum Gasteiger partial charge on any atom is 0.408 e. The third-order valence-electron chi connectivity index (χ3n) is 6.65. The average Bonchev–Trinajstić information content (AvgIpc) is 3.61. The van der Waals surface area contributed by atoms with Crippen LogP contribution < -0.4 is 10.6 Å². The molecular formula is C30H39N3O7. The fourth-order valence-corrected chi connectivity index (χ4v) is 4.47. The number of esters is 1. The van der Waals surface area contributed by atoms with Crippen LogP contribution >= 0.6 is 0 Å².